The predicted molar refractivity (Wildman–Crippen MR) is 87.1 cm³/mol. The second kappa shape index (κ2) is 9.81. The Labute approximate surface area is 151 Å². The summed E-state index contributed by atoms with van der Waals surface area (Å²) in [6, 6.07) is 5.13. The molecule has 152 valence electrons. The van der Waals surface area contributed by atoms with Gasteiger partial charge in [-0.15, -0.1) is 18.2 Å². The smallest absolute Gasteiger partial charge is 0.378 e. The van der Waals surface area contributed by atoms with Gasteiger partial charge in [-0.05, 0) is 38.1 Å². The molecule has 0 spiro atoms. The van der Waals surface area contributed by atoms with Gasteiger partial charge in [0.05, 0.1) is 0 Å². The van der Waals surface area contributed by atoms with Crippen molar-refractivity contribution in [2.24, 2.45) is 4.99 Å². The third-order valence-corrected chi connectivity index (χ3v) is 2.80. The molecule has 0 fully saturated rings. The Morgan fingerprint density at radius 1 is 1.04 bits per heavy atom. The van der Waals surface area contributed by atoms with E-state index in [0.29, 0.717) is 11.8 Å². The highest BCUT2D eigenvalue weighted by atomic mass is 19.4. The molecule has 27 heavy (non-hydrogen) atoms. The van der Waals surface area contributed by atoms with Gasteiger partial charge >= 0.3 is 18.6 Å². The molecule has 1 rings (SSSR count). The van der Waals surface area contributed by atoms with Crippen molar-refractivity contribution in [1.82, 2.24) is 5.32 Å². The van der Waals surface area contributed by atoms with Gasteiger partial charge in [0.2, 0.25) is 6.08 Å². The lowest BCUT2D eigenvalue weighted by Crippen LogP contribution is -2.49. The number of halogens is 6. The van der Waals surface area contributed by atoms with Gasteiger partial charge in [-0.25, -0.2) is 14.9 Å². The normalized spacial score (nSPS) is 11.1. The van der Waals surface area contributed by atoms with E-state index in [9.17, 15) is 31.1 Å². The van der Waals surface area contributed by atoms with Crippen LogP contribution in [0.4, 0.5) is 42.5 Å². The molecule has 0 unspecified atom stereocenters. The van der Waals surface area contributed by atoms with Gasteiger partial charge in [-0.3, -0.25) is 4.90 Å². The average molecular weight is 400 g/mol. The van der Waals surface area contributed by atoms with E-state index in [1.807, 2.05) is 19.0 Å². The quantitative estimate of drug-likeness (QED) is 0.361. The monoisotopic (exact) mass is 400 g/mol. The van der Waals surface area contributed by atoms with Crippen LogP contribution in [-0.2, 0) is 4.79 Å². The fourth-order valence-corrected chi connectivity index (χ4v) is 1.79. The topological polar surface area (TPSA) is 65.0 Å². The summed E-state index contributed by atoms with van der Waals surface area (Å²) in [5.74, 6) is 0. The Kier molecular flexibility index (Phi) is 8.81. The molecule has 0 radical (unpaired) electrons. The number of amides is 2. The van der Waals surface area contributed by atoms with Gasteiger partial charge in [-0.1, -0.05) is 0 Å². The molecule has 0 bridgehead atoms. The van der Waals surface area contributed by atoms with Crippen LogP contribution in [0.15, 0.2) is 29.3 Å². The lowest BCUT2D eigenvalue weighted by molar-refractivity contribution is -0.145. The maximum Gasteiger partial charge on any atom is 0.513 e. The van der Waals surface area contributed by atoms with E-state index in [1.165, 1.54) is 4.99 Å². The Hall–Kier alpha value is -2.75. The molecule has 6 nitrogen and oxygen atoms in total. The van der Waals surface area contributed by atoms with Crippen LogP contribution in [0.5, 0.6) is 0 Å². The van der Waals surface area contributed by atoms with Crippen LogP contribution in [0, 0.1) is 0 Å². The molecule has 2 amide bonds. The van der Waals surface area contributed by atoms with Crippen molar-refractivity contribution < 1.29 is 35.9 Å². The van der Waals surface area contributed by atoms with Crippen LogP contribution in [-0.4, -0.2) is 44.8 Å². The summed E-state index contributed by atoms with van der Waals surface area (Å²) in [5.41, 5.74) is 1.31. The van der Waals surface area contributed by atoms with Crippen LogP contribution < -0.4 is 15.1 Å². The van der Waals surface area contributed by atoms with E-state index in [4.69, 9.17) is 4.79 Å². The number of nitrogens with zero attached hydrogens (tertiary/aromatic N) is 3. The van der Waals surface area contributed by atoms with Crippen molar-refractivity contribution in [3.05, 3.63) is 24.3 Å². The van der Waals surface area contributed by atoms with E-state index in [1.54, 1.807) is 38.1 Å². The van der Waals surface area contributed by atoms with Gasteiger partial charge in [0.25, 0.3) is 0 Å². The Morgan fingerprint density at radius 3 is 1.74 bits per heavy atom. The number of urea groups is 1. The number of isocyanates is 1. The molecular weight excluding hydrogens is 382 g/mol. The number of carbonyl (C=O) groups is 1. The van der Waals surface area contributed by atoms with E-state index >= 15 is 0 Å². The summed E-state index contributed by atoms with van der Waals surface area (Å²) in [7, 11) is 3.71. The van der Waals surface area contributed by atoms with E-state index in [0.717, 1.165) is 15.9 Å². The molecule has 0 aliphatic rings. The number of nitrogens with one attached hydrogen (secondary N) is 1. The van der Waals surface area contributed by atoms with E-state index < -0.39 is 24.7 Å². The fraction of sp³-hybridized carbons (Fsp3) is 0.467. The largest absolute Gasteiger partial charge is 0.513 e. The fourth-order valence-electron chi connectivity index (χ4n) is 1.79. The summed E-state index contributed by atoms with van der Waals surface area (Å²) in [6.07, 6.45) is -9.13. The van der Waals surface area contributed by atoms with Crippen LogP contribution in [0.3, 0.4) is 0 Å². The van der Waals surface area contributed by atoms with Crippen LogP contribution in [0.25, 0.3) is 0 Å². The summed E-state index contributed by atoms with van der Waals surface area (Å²) < 4.78 is 68.6. The van der Waals surface area contributed by atoms with Gasteiger partial charge in [0.15, 0.2) is 0 Å². The Bertz CT molecular complexity index is 650. The minimum atomic E-state index is -4.75. The van der Waals surface area contributed by atoms with Crippen molar-refractivity contribution in [3.8, 4) is 0 Å². The number of rotatable bonds is 3. The highest BCUT2D eigenvalue weighted by molar-refractivity contribution is 5.92. The number of aliphatic imine (C=N–C) groups is 1. The van der Waals surface area contributed by atoms with Crippen molar-refractivity contribution in [1.29, 1.82) is 0 Å². The predicted octanol–water partition coefficient (Wildman–Crippen LogP) is 4.04. The van der Waals surface area contributed by atoms with Gasteiger partial charge in [-0.2, -0.15) is 13.2 Å². The summed E-state index contributed by atoms with van der Waals surface area (Å²) in [4.78, 5) is 24.9. The zero-order valence-corrected chi connectivity index (χ0v) is 14.8. The van der Waals surface area contributed by atoms with Gasteiger partial charge in [0, 0.05) is 31.5 Å². The Balaban J connectivity index is 0.000000821. The van der Waals surface area contributed by atoms with Crippen LogP contribution >= 0.6 is 0 Å². The second-order valence-corrected chi connectivity index (χ2v) is 5.47. The SMILES string of the molecule is CC(C)N(C(=O)NC(F)(F)F)c1ccc(N(C)C)cc1.O=C=NC(F)(F)F. The summed E-state index contributed by atoms with van der Waals surface area (Å²) in [6.45, 7) is 3.30. The molecule has 1 aromatic rings. The van der Waals surface area contributed by atoms with E-state index in [-0.39, 0.29) is 0 Å². The maximum atomic E-state index is 12.3. The number of hydrogen-bond donors (Lipinski definition) is 1. The molecule has 0 saturated carbocycles. The third-order valence-electron chi connectivity index (χ3n) is 2.80. The molecule has 1 N–H and O–H groups in total. The molecule has 0 heterocycles. The zero-order valence-electron chi connectivity index (χ0n) is 14.8. The minimum absolute atomic E-state index is 0.358. The van der Waals surface area contributed by atoms with Crippen LogP contribution in [0.1, 0.15) is 13.8 Å². The Morgan fingerprint density at radius 2 is 1.48 bits per heavy atom. The number of alkyl halides is 6. The van der Waals surface area contributed by atoms with Gasteiger partial charge in [0.1, 0.15) is 0 Å². The van der Waals surface area contributed by atoms with Crippen molar-refractivity contribution in [2.75, 3.05) is 23.9 Å². The highest BCUT2D eigenvalue weighted by Gasteiger charge is 2.33. The molecule has 0 aromatic heterocycles. The van der Waals surface area contributed by atoms with Crippen molar-refractivity contribution >= 4 is 23.5 Å². The second-order valence-electron chi connectivity index (χ2n) is 5.47. The average Bonchev–Trinajstić information content (AvgIpc) is 2.44. The summed E-state index contributed by atoms with van der Waals surface area (Å²) >= 11 is 0. The number of carbonyl (C=O) groups excluding carboxylic acids is 2. The van der Waals surface area contributed by atoms with Crippen molar-refractivity contribution in [2.45, 2.75) is 32.5 Å². The molecule has 0 aliphatic carbocycles. The molecule has 0 atom stereocenters. The maximum absolute atomic E-state index is 12.3. The van der Waals surface area contributed by atoms with Crippen molar-refractivity contribution in [3.63, 3.8) is 0 Å². The molecule has 12 heteroatoms. The first-order valence-electron chi connectivity index (χ1n) is 7.29. The number of benzene rings is 1. The first-order valence-corrected chi connectivity index (χ1v) is 7.29. The molecule has 1 aromatic carbocycles. The van der Waals surface area contributed by atoms with Crippen LogP contribution in [0.2, 0.25) is 0 Å². The number of hydrogen-bond acceptors (Lipinski definition) is 4. The van der Waals surface area contributed by atoms with E-state index in [2.05, 4.69) is 0 Å². The lowest BCUT2D eigenvalue weighted by Gasteiger charge is -2.28. The molecule has 0 aliphatic heterocycles. The highest BCUT2D eigenvalue weighted by Crippen LogP contribution is 2.22. The summed E-state index contributed by atoms with van der Waals surface area (Å²) in [5, 5.41) is 1.01. The lowest BCUT2D eigenvalue weighted by atomic mass is 10.2. The molecule has 0 saturated heterocycles. The number of anilines is 2. The minimum Gasteiger partial charge on any atom is -0.378 e. The third kappa shape index (κ3) is 10.1. The zero-order chi connectivity index (χ0) is 21.4. The van der Waals surface area contributed by atoms with Gasteiger partial charge < -0.3 is 4.90 Å². The molecular formula is C15H18F6N4O2. The first kappa shape index (κ1) is 24.2. The standard InChI is InChI=1S/C13H18F3N3O.C2F3NO/c1-9(2)19(12(20)17-13(14,15)16)11-7-5-10(6-8-11)18(3)4;3-2(4,5)6-1-7/h5-9H,1-4H3,(H,17,20);. The first-order chi connectivity index (χ1) is 12.2.